The molecule has 0 radical (unpaired) electrons. The number of aryl methyl sites for hydroxylation is 1. The molecule has 1 rings (SSSR count). The van der Waals surface area contributed by atoms with Gasteiger partial charge in [0.15, 0.2) is 0 Å². The summed E-state index contributed by atoms with van der Waals surface area (Å²) in [6.45, 7) is 0. The Bertz CT molecular complexity index is 274. The van der Waals surface area contributed by atoms with E-state index in [-0.39, 0.29) is 29.6 Å². The molecule has 0 aliphatic rings. The second-order valence-corrected chi connectivity index (χ2v) is 2.57. The molecule has 0 aliphatic carbocycles. The Hall–Kier alpha value is 0.0800. The fourth-order valence-electron chi connectivity index (χ4n) is 0.326. The minimum absolute atomic E-state index is 0. The van der Waals surface area contributed by atoms with Gasteiger partial charge in [0.25, 0.3) is 0 Å². The van der Waals surface area contributed by atoms with E-state index in [1.165, 1.54) is 0 Å². The minimum atomic E-state index is -4.67. The van der Waals surface area contributed by atoms with Gasteiger partial charge in [-0.25, -0.2) is 4.98 Å². The Kier molecular flexibility index (Phi) is 8.00. The number of hydrogen-bond acceptors (Lipinski definition) is 3. The van der Waals surface area contributed by atoms with Crippen LogP contribution in [0.3, 0.4) is 0 Å². The molecule has 1 aromatic heterocycles. The van der Waals surface area contributed by atoms with E-state index >= 15 is 0 Å². The monoisotopic (exact) mass is 204 g/mol. The summed E-state index contributed by atoms with van der Waals surface area (Å²) >= 11 is 0. The normalized spacial score (nSPS) is 9.25. The standard InChI is InChI=1S/C4H6N2.Na.H2O4S.H/c1-6-3-2-5-4-6;;1-5(2,3)4;/h2-4H,1H3;;(H2,1,2,3,4);. The topological polar surface area (TPSA) is 92.4 Å². The predicted octanol–water partition coefficient (Wildman–Crippen LogP) is -0.881. The van der Waals surface area contributed by atoms with Crippen molar-refractivity contribution >= 4 is 40.0 Å². The molecule has 0 bridgehead atoms. The van der Waals surface area contributed by atoms with Gasteiger partial charge in [-0.15, -0.1) is 0 Å². The van der Waals surface area contributed by atoms with Crippen molar-refractivity contribution in [2.45, 2.75) is 0 Å². The molecule has 6 nitrogen and oxygen atoms in total. The van der Waals surface area contributed by atoms with E-state index in [9.17, 15) is 0 Å². The summed E-state index contributed by atoms with van der Waals surface area (Å²) in [5.74, 6) is 0. The van der Waals surface area contributed by atoms with Crippen molar-refractivity contribution in [2.75, 3.05) is 0 Å². The van der Waals surface area contributed by atoms with Crippen LogP contribution >= 0.6 is 0 Å². The van der Waals surface area contributed by atoms with Gasteiger partial charge in [-0.1, -0.05) is 0 Å². The summed E-state index contributed by atoms with van der Waals surface area (Å²) in [7, 11) is -2.73. The van der Waals surface area contributed by atoms with Gasteiger partial charge < -0.3 is 4.57 Å². The number of imidazole rings is 1. The van der Waals surface area contributed by atoms with Crippen LogP contribution in [0.4, 0.5) is 0 Å². The summed E-state index contributed by atoms with van der Waals surface area (Å²) < 4.78 is 33.5. The molecular formula is C4H9N2NaO4S. The first kappa shape index (κ1) is 14.6. The third-order valence-corrected chi connectivity index (χ3v) is 0.637. The summed E-state index contributed by atoms with van der Waals surface area (Å²) in [5.41, 5.74) is 0. The van der Waals surface area contributed by atoms with Crippen LogP contribution < -0.4 is 0 Å². The third kappa shape index (κ3) is 16.6. The van der Waals surface area contributed by atoms with Crippen molar-refractivity contribution in [1.29, 1.82) is 0 Å². The van der Waals surface area contributed by atoms with E-state index in [2.05, 4.69) is 4.98 Å². The molecule has 0 fully saturated rings. The van der Waals surface area contributed by atoms with Gasteiger partial charge in [0.1, 0.15) is 0 Å². The fraction of sp³-hybridized carbons (Fsp3) is 0.250. The summed E-state index contributed by atoms with van der Waals surface area (Å²) in [6.07, 6.45) is 5.39. The van der Waals surface area contributed by atoms with Crippen molar-refractivity contribution in [1.82, 2.24) is 9.55 Å². The maximum absolute atomic E-state index is 8.74. The first-order valence-corrected chi connectivity index (χ1v) is 3.91. The van der Waals surface area contributed by atoms with Crippen LogP contribution in [0.25, 0.3) is 0 Å². The van der Waals surface area contributed by atoms with E-state index in [4.69, 9.17) is 17.5 Å². The number of nitrogens with zero attached hydrogens (tertiary/aromatic N) is 2. The van der Waals surface area contributed by atoms with Crippen molar-refractivity contribution in [3.05, 3.63) is 18.7 Å². The molecule has 0 amide bonds. The molecule has 2 N–H and O–H groups in total. The molecule has 1 heterocycles. The SMILES string of the molecule is Cn1ccnc1.O=S(=O)(O)O.[NaH]. The van der Waals surface area contributed by atoms with Gasteiger partial charge >= 0.3 is 40.0 Å². The Labute approximate surface area is 92.5 Å². The van der Waals surface area contributed by atoms with Crippen molar-refractivity contribution in [3.63, 3.8) is 0 Å². The second-order valence-electron chi connectivity index (χ2n) is 1.68. The molecule has 8 heteroatoms. The molecule has 0 aromatic carbocycles. The molecule has 0 aliphatic heterocycles. The molecule has 0 unspecified atom stereocenters. The van der Waals surface area contributed by atoms with Crippen molar-refractivity contribution < 1.29 is 17.5 Å². The van der Waals surface area contributed by atoms with E-state index in [1.54, 1.807) is 12.5 Å². The second kappa shape index (κ2) is 6.58. The number of hydrogen-bond donors (Lipinski definition) is 2. The first-order chi connectivity index (χ1) is 4.89. The first-order valence-electron chi connectivity index (χ1n) is 2.51. The Morgan fingerprint density at radius 2 is 1.83 bits per heavy atom. The molecule has 0 atom stereocenters. The Morgan fingerprint density at radius 3 is 1.92 bits per heavy atom. The van der Waals surface area contributed by atoms with Crippen LogP contribution in [0.1, 0.15) is 0 Å². The van der Waals surface area contributed by atoms with Crippen LogP contribution in [0.2, 0.25) is 0 Å². The Morgan fingerprint density at radius 1 is 1.42 bits per heavy atom. The summed E-state index contributed by atoms with van der Waals surface area (Å²) in [6, 6.07) is 0. The van der Waals surface area contributed by atoms with Crippen LogP contribution in [0.15, 0.2) is 18.7 Å². The zero-order valence-corrected chi connectivity index (χ0v) is 6.56. The van der Waals surface area contributed by atoms with Crippen molar-refractivity contribution in [2.24, 2.45) is 7.05 Å². The average Bonchev–Trinajstić information content (AvgIpc) is 2.12. The van der Waals surface area contributed by atoms with Gasteiger partial charge in [-0.2, -0.15) is 8.42 Å². The van der Waals surface area contributed by atoms with Gasteiger partial charge in [-0.05, 0) is 0 Å². The van der Waals surface area contributed by atoms with E-state index in [0.717, 1.165) is 0 Å². The molecule has 12 heavy (non-hydrogen) atoms. The Balaban J connectivity index is 0. The molecular weight excluding hydrogens is 195 g/mol. The zero-order chi connectivity index (χ0) is 8.91. The van der Waals surface area contributed by atoms with Gasteiger partial charge in [0.05, 0.1) is 6.33 Å². The number of aromatic nitrogens is 2. The van der Waals surface area contributed by atoms with Crippen molar-refractivity contribution in [3.8, 4) is 0 Å². The van der Waals surface area contributed by atoms with E-state index < -0.39 is 10.4 Å². The molecule has 66 valence electrons. The molecule has 0 saturated heterocycles. The van der Waals surface area contributed by atoms with Gasteiger partial charge in [0.2, 0.25) is 0 Å². The molecule has 0 saturated carbocycles. The average molecular weight is 204 g/mol. The fourth-order valence-corrected chi connectivity index (χ4v) is 0.326. The quantitative estimate of drug-likeness (QED) is 0.423. The third-order valence-electron chi connectivity index (χ3n) is 0.637. The van der Waals surface area contributed by atoms with Gasteiger partial charge in [-0.3, -0.25) is 9.11 Å². The summed E-state index contributed by atoms with van der Waals surface area (Å²) in [5, 5.41) is 0. The zero-order valence-electron chi connectivity index (χ0n) is 5.75. The maximum atomic E-state index is 8.74. The van der Waals surface area contributed by atoms with Crippen LogP contribution in [-0.4, -0.2) is 56.6 Å². The molecule has 1 aromatic rings. The summed E-state index contributed by atoms with van der Waals surface area (Å²) in [4.78, 5) is 3.78. The van der Waals surface area contributed by atoms with E-state index in [1.807, 2.05) is 17.8 Å². The van der Waals surface area contributed by atoms with Crippen LogP contribution in [0.5, 0.6) is 0 Å². The van der Waals surface area contributed by atoms with Crippen LogP contribution in [-0.2, 0) is 17.4 Å². The van der Waals surface area contributed by atoms with Crippen LogP contribution in [0, 0.1) is 0 Å². The number of rotatable bonds is 0. The van der Waals surface area contributed by atoms with E-state index in [0.29, 0.717) is 0 Å². The van der Waals surface area contributed by atoms with Gasteiger partial charge in [0, 0.05) is 19.4 Å². The molecule has 0 spiro atoms. The predicted molar refractivity (Wildman–Crippen MR) is 44.5 cm³/mol.